The van der Waals surface area contributed by atoms with Crippen molar-refractivity contribution in [3.8, 4) is 5.75 Å². The molecule has 1 rings (SSSR count). The van der Waals surface area contributed by atoms with Gasteiger partial charge in [0, 0.05) is 6.04 Å². The minimum absolute atomic E-state index is 0.0384. The molecule has 1 aromatic rings. The molecule has 1 atom stereocenters. The van der Waals surface area contributed by atoms with E-state index in [1.54, 1.807) is 7.11 Å². The van der Waals surface area contributed by atoms with E-state index in [1.807, 2.05) is 43.1 Å². The summed E-state index contributed by atoms with van der Waals surface area (Å²) < 4.78 is 5.09. The lowest BCUT2D eigenvalue weighted by molar-refractivity contribution is -0.138. The molecule has 0 fully saturated rings. The number of likely N-dealkylation sites (N-methyl/N-ethyl adjacent to an activating group) is 1. The van der Waals surface area contributed by atoms with Crippen LogP contribution >= 0.6 is 0 Å². The SMILES string of the molecule is COc1ccc(C(C)N(C)CC(=O)NCC(=O)O)cc1. The molecule has 0 saturated carbocycles. The quantitative estimate of drug-likeness (QED) is 0.775. The number of benzene rings is 1. The Morgan fingerprint density at radius 1 is 1.35 bits per heavy atom. The van der Waals surface area contributed by atoms with Gasteiger partial charge in [0.25, 0.3) is 0 Å². The molecule has 0 aliphatic carbocycles. The van der Waals surface area contributed by atoms with Gasteiger partial charge < -0.3 is 15.2 Å². The number of ether oxygens (including phenoxy) is 1. The Morgan fingerprint density at radius 2 is 1.95 bits per heavy atom. The van der Waals surface area contributed by atoms with Gasteiger partial charge in [0.2, 0.25) is 5.91 Å². The third-order valence-corrected chi connectivity index (χ3v) is 3.09. The predicted molar refractivity (Wildman–Crippen MR) is 74.7 cm³/mol. The number of hydrogen-bond acceptors (Lipinski definition) is 4. The maximum Gasteiger partial charge on any atom is 0.322 e. The topological polar surface area (TPSA) is 78.9 Å². The maximum atomic E-state index is 11.6. The molecule has 6 nitrogen and oxygen atoms in total. The van der Waals surface area contributed by atoms with Crippen molar-refractivity contribution in [2.45, 2.75) is 13.0 Å². The first-order valence-corrected chi connectivity index (χ1v) is 6.26. The van der Waals surface area contributed by atoms with E-state index in [4.69, 9.17) is 9.84 Å². The van der Waals surface area contributed by atoms with Gasteiger partial charge in [-0.3, -0.25) is 14.5 Å². The van der Waals surface area contributed by atoms with Crippen molar-refractivity contribution < 1.29 is 19.4 Å². The van der Waals surface area contributed by atoms with Crippen LogP contribution in [0.3, 0.4) is 0 Å². The van der Waals surface area contributed by atoms with E-state index in [2.05, 4.69) is 5.32 Å². The number of rotatable bonds is 7. The molecule has 0 bridgehead atoms. The average Bonchev–Trinajstić information content (AvgIpc) is 2.44. The fourth-order valence-electron chi connectivity index (χ4n) is 1.73. The summed E-state index contributed by atoms with van der Waals surface area (Å²) in [5, 5.41) is 10.8. The van der Waals surface area contributed by atoms with Crippen LogP contribution in [0.5, 0.6) is 5.75 Å². The van der Waals surface area contributed by atoms with Crippen LogP contribution in [0.4, 0.5) is 0 Å². The van der Waals surface area contributed by atoms with E-state index < -0.39 is 5.97 Å². The third kappa shape index (κ3) is 4.89. The lowest BCUT2D eigenvalue weighted by Crippen LogP contribution is -2.38. The van der Waals surface area contributed by atoms with E-state index >= 15 is 0 Å². The number of carboxylic acid groups (broad SMARTS) is 1. The Hall–Kier alpha value is -2.08. The summed E-state index contributed by atoms with van der Waals surface area (Å²) in [6, 6.07) is 7.65. The molecule has 1 amide bonds. The fraction of sp³-hybridized carbons (Fsp3) is 0.429. The van der Waals surface area contributed by atoms with E-state index in [-0.39, 0.29) is 25.0 Å². The van der Waals surface area contributed by atoms with Crippen LogP contribution in [-0.2, 0) is 9.59 Å². The molecule has 0 aromatic heterocycles. The van der Waals surface area contributed by atoms with Gasteiger partial charge in [0.15, 0.2) is 0 Å². The molecule has 0 heterocycles. The molecule has 0 saturated heterocycles. The van der Waals surface area contributed by atoms with Crippen molar-refractivity contribution in [1.82, 2.24) is 10.2 Å². The maximum absolute atomic E-state index is 11.6. The molecule has 0 radical (unpaired) electrons. The Morgan fingerprint density at radius 3 is 2.45 bits per heavy atom. The number of carbonyl (C=O) groups is 2. The Balaban J connectivity index is 2.54. The number of amides is 1. The van der Waals surface area contributed by atoms with Gasteiger partial charge in [-0.05, 0) is 31.7 Å². The van der Waals surface area contributed by atoms with Gasteiger partial charge in [-0.1, -0.05) is 12.1 Å². The van der Waals surface area contributed by atoms with Gasteiger partial charge in [-0.25, -0.2) is 0 Å². The van der Waals surface area contributed by atoms with Gasteiger partial charge in [-0.2, -0.15) is 0 Å². The lowest BCUT2D eigenvalue weighted by atomic mass is 10.1. The second kappa shape index (κ2) is 7.49. The summed E-state index contributed by atoms with van der Waals surface area (Å²) >= 11 is 0. The molecule has 0 aliphatic heterocycles. The van der Waals surface area contributed by atoms with E-state index in [1.165, 1.54) is 0 Å². The monoisotopic (exact) mass is 280 g/mol. The van der Waals surface area contributed by atoms with Gasteiger partial charge in [0.1, 0.15) is 12.3 Å². The predicted octanol–water partition coefficient (Wildman–Crippen LogP) is 0.889. The molecular formula is C14H20N2O4. The lowest BCUT2D eigenvalue weighted by Gasteiger charge is -2.24. The number of nitrogens with zero attached hydrogens (tertiary/aromatic N) is 1. The van der Waals surface area contributed by atoms with Crippen LogP contribution in [0.15, 0.2) is 24.3 Å². The number of nitrogens with one attached hydrogen (secondary N) is 1. The number of aliphatic carboxylic acids is 1. The standard InChI is InChI=1S/C14H20N2O4/c1-10(11-4-6-12(20-3)7-5-11)16(2)9-13(17)15-8-14(18)19/h4-7,10H,8-9H2,1-3H3,(H,15,17)(H,18,19). The van der Waals surface area contributed by atoms with Crippen molar-refractivity contribution in [3.63, 3.8) is 0 Å². The molecule has 6 heteroatoms. The molecule has 0 spiro atoms. The summed E-state index contributed by atoms with van der Waals surface area (Å²) in [4.78, 5) is 23.8. The summed E-state index contributed by atoms with van der Waals surface area (Å²) in [6.45, 7) is 1.76. The summed E-state index contributed by atoms with van der Waals surface area (Å²) in [5.74, 6) is -0.581. The van der Waals surface area contributed by atoms with E-state index in [0.717, 1.165) is 11.3 Å². The molecular weight excluding hydrogens is 260 g/mol. The van der Waals surface area contributed by atoms with Gasteiger partial charge >= 0.3 is 5.97 Å². The third-order valence-electron chi connectivity index (χ3n) is 3.09. The van der Waals surface area contributed by atoms with Gasteiger partial charge in [-0.15, -0.1) is 0 Å². The number of methoxy groups -OCH3 is 1. The van der Waals surface area contributed by atoms with Crippen LogP contribution < -0.4 is 10.1 Å². The number of carboxylic acids is 1. The largest absolute Gasteiger partial charge is 0.497 e. The first-order valence-electron chi connectivity index (χ1n) is 6.26. The van der Waals surface area contributed by atoms with Gasteiger partial charge in [0.05, 0.1) is 13.7 Å². The highest BCUT2D eigenvalue weighted by molar-refractivity contribution is 5.82. The zero-order chi connectivity index (χ0) is 15.1. The summed E-state index contributed by atoms with van der Waals surface area (Å²) in [6.07, 6.45) is 0. The minimum Gasteiger partial charge on any atom is -0.497 e. The molecule has 2 N–H and O–H groups in total. The van der Waals surface area contributed by atoms with Crippen molar-refractivity contribution >= 4 is 11.9 Å². The van der Waals surface area contributed by atoms with Crippen LogP contribution in [-0.4, -0.2) is 49.1 Å². The molecule has 20 heavy (non-hydrogen) atoms. The summed E-state index contributed by atoms with van der Waals surface area (Å²) in [5.41, 5.74) is 1.05. The molecule has 1 unspecified atom stereocenters. The van der Waals surface area contributed by atoms with Crippen molar-refractivity contribution in [3.05, 3.63) is 29.8 Å². The second-order valence-electron chi connectivity index (χ2n) is 4.53. The van der Waals surface area contributed by atoms with Crippen molar-refractivity contribution in [2.75, 3.05) is 27.2 Å². The normalized spacial score (nSPS) is 12.0. The Labute approximate surface area is 118 Å². The van der Waals surface area contributed by atoms with Crippen LogP contribution in [0.1, 0.15) is 18.5 Å². The van der Waals surface area contributed by atoms with Crippen LogP contribution in [0.2, 0.25) is 0 Å². The molecule has 1 aromatic carbocycles. The number of carbonyl (C=O) groups excluding carboxylic acids is 1. The second-order valence-corrected chi connectivity index (χ2v) is 4.53. The van der Waals surface area contributed by atoms with Crippen LogP contribution in [0, 0.1) is 0 Å². The van der Waals surface area contributed by atoms with Crippen molar-refractivity contribution in [1.29, 1.82) is 0 Å². The first-order chi connectivity index (χ1) is 9.43. The molecule has 0 aliphatic rings. The minimum atomic E-state index is -1.05. The highest BCUT2D eigenvalue weighted by Gasteiger charge is 2.15. The smallest absolute Gasteiger partial charge is 0.322 e. The van der Waals surface area contributed by atoms with Crippen LogP contribution in [0.25, 0.3) is 0 Å². The fourth-order valence-corrected chi connectivity index (χ4v) is 1.73. The Bertz CT molecular complexity index is 459. The Kier molecular flexibility index (Phi) is 5.99. The van der Waals surface area contributed by atoms with E-state index in [9.17, 15) is 9.59 Å². The highest BCUT2D eigenvalue weighted by atomic mass is 16.5. The zero-order valence-corrected chi connectivity index (χ0v) is 11.9. The first kappa shape index (κ1) is 16.0. The zero-order valence-electron chi connectivity index (χ0n) is 11.9. The molecule has 110 valence electrons. The van der Waals surface area contributed by atoms with E-state index in [0.29, 0.717) is 0 Å². The number of hydrogen-bond donors (Lipinski definition) is 2. The average molecular weight is 280 g/mol. The van der Waals surface area contributed by atoms with Crippen molar-refractivity contribution in [2.24, 2.45) is 0 Å². The summed E-state index contributed by atoms with van der Waals surface area (Å²) in [7, 11) is 3.42. The highest BCUT2D eigenvalue weighted by Crippen LogP contribution is 2.21.